The number of piperidine rings is 1. The number of aryl methyl sites for hydroxylation is 1. The second-order valence-electron chi connectivity index (χ2n) is 5.68. The van der Waals surface area contributed by atoms with Gasteiger partial charge in [0.1, 0.15) is 0 Å². The van der Waals surface area contributed by atoms with Crippen LogP contribution in [0.4, 0.5) is 10.5 Å². The van der Waals surface area contributed by atoms with E-state index in [1.807, 2.05) is 32.0 Å². The second-order valence-corrected chi connectivity index (χ2v) is 6.53. The fourth-order valence-corrected chi connectivity index (χ4v) is 2.95. The molecule has 0 radical (unpaired) electrons. The molecule has 114 valence electrons. The summed E-state index contributed by atoms with van der Waals surface area (Å²) >= 11 is 3.43. The lowest BCUT2D eigenvalue weighted by molar-refractivity contribution is -0.143. The highest BCUT2D eigenvalue weighted by atomic mass is 79.9. The third-order valence-corrected chi connectivity index (χ3v) is 4.57. The number of anilines is 1. The summed E-state index contributed by atoms with van der Waals surface area (Å²) < 4.78 is 0.927. The predicted octanol–water partition coefficient (Wildman–Crippen LogP) is 3.33. The zero-order valence-corrected chi connectivity index (χ0v) is 13.7. The molecule has 2 unspecified atom stereocenters. The average Bonchev–Trinajstić information content (AvgIpc) is 2.42. The van der Waals surface area contributed by atoms with Crippen LogP contribution in [0.25, 0.3) is 0 Å². The largest absolute Gasteiger partial charge is 0.481 e. The molecule has 1 aromatic carbocycles. The minimum Gasteiger partial charge on any atom is -0.481 e. The van der Waals surface area contributed by atoms with E-state index in [0.29, 0.717) is 18.7 Å². The number of carbonyl (C=O) groups excluding carboxylic acids is 1. The number of amides is 2. The molecule has 0 aromatic heterocycles. The van der Waals surface area contributed by atoms with E-state index >= 15 is 0 Å². The number of benzene rings is 1. The van der Waals surface area contributed by atoms with E-state index in [2.05, 4.69) is 21.2 Å². The van der Waals surface area contributed by atoms with E-state index in [4.69, 9.17) is 5.11 Å². The van der Waals surface area contributed by atoms with Gasteiger partial charge in [0.15, 0.2) is 0 Å². The number of hydrogen-bond donors (Lipinski definition) is 2. The molecular formula is C15H19BrN2O3. The molecular weight excluding hydrogens is 336 g/mol. The van der Waals surface area contributed by atoms with Crippen LogP contribution in [-0.4, -0.2) is 35.1 Å². The van der Waals surface area contributed by atoms with Gasteiger partial charge in [-0.2, -0.15) is 0 Å². The van der Waals surface area contributed by atoms with Crippen molar-refractivity contribution in [2.24, 2.45) is 11.8 Å². The molecule has 0 aliphatic carbocycles. The number of carboxylic acid groups (broad SMARTS) is 1. The van der Waals surface area contributed by atoms with Crippen molar-refractivity contribution >= 4 is 33.6 Å². The number of aliphatic carboxylic acids is 1. The molecule has 6 heteroatoms. The second kappa shape index (κ2) is 6.47. The van der Waals surface area contributed by atoms with E-state index in [0.717, 1.165) is 10.0 Å². The quantitative estimate of drug-likeness (QED) is 0.855. The van der Waals surface area contributed by atoms with Gasteiger partial charge in [0.25, 0.3) is 0 Å². The van der Waals surface area contributed by atoms with Crippen LogP contribution < -0.4 is 5.32 Å². The molecule has 1 heterocycles. The topological polar surface area (TPSA) is 69.6 Å². The first-order chi connectivity index (χ1) is 9.86. The first kappa shape index (κ1) is 15.8. The summed E-state index contributed by atoms with van der Waals surface area (Å²) in [6.07, 6.45) is 0.620. The molecule has 1 fully saturated rings. The molecule has 1 saturated heterocycles. The van der Waals surface area contributed by atoms with Gasteiger partial charge in [0.2, 0.25) is 0 Å². The molecule has 0 spiro atoms. The van der Waals surface area contributed by atoms with Gasteiger partial charge in [-0.3, -0.25) is 4.79 Å². The molecule has 5 nitrogen and oxygen atoms in total. The molecule has 2 N–H and O–H groups in total. The Morgan fingerprint density at radius 1 is 1.38 bits per heavy atom. The van der Waals surface area contributed by atoms with Crippen LogP contribution >= 0.6 is 15.9 Å². The lowest BCUT2D eigenvalue weighted by atomic mass is 9.91. The van der Waals surface area contributed by atoms with E-state index in [9.17, 15) is 9.59 Å². The Hall–Kier alpha value is -1.56. The van der Waals surface area contributed by atoms with Gasteiger partial charge in [-0.15, -0.1) is 0 Å². The Labute approximate surface area is 132 Å². The SMILES string of the molecule is Cc1ccc(NC(=O)N2CC(C)CC(C(=O)O)C2)cc1Br. The Kier molecular flexibility index (Phi) is 4.88. The number of likely N-dealkylation sites (tertiary alicyclic amines) is 1. The maximum atomic E-state index is 12.3. The van der Waals surface area contributed by atoms with Gasteiger partial charge in [-0.1, -0.05) is 28.9 Å². The first-order valence-corrected chi connectivity index (χ1v) is 7.71. The predicted molar refractivity (Wildman–Crippen MR) is 84.4 cm³/mol. The monoisotopic (exact) mass is 354 g/mol. The van der Waals surface area contributed by atoms with Gasteiger partial charge in [0.05, 0.1) is 5.92 Å². The molecule has 1 aliphatic heterocycles. The van der Waals surface area contributed by atoms with Crippen LogP contribution in [-0.2, 0) is 4.79 Å². The highest BCUT2D eigenvalue weighted by molar-refractivity contribution is 9.10. The first-order valence-electron chi connectivity index (χ1n) is 6.91. The molecule has 1 aromatic rings. The summed E-state index contributed by atoms with van der Waals surface area (Å²) in [5.74, 6) is -1.13. The average molecular weight is 355 g/mol. The van der Waals surface area contributed by atoms with E-state index in [1.54, 1.807) is 4.90 Å². The van der Waals surface area contributed by atoms with Crippen LogP contribution in [0.1, 0.15) is 18.9 Å². The van der Waals surface area contributed by atoms with Gasteiger partial charge in [-0.05, 0) is 37.0 Å². The summed E-state index contributed by atoms with van der Waals surface area (Å²) in [5, 5.41) is 12.0. The minimum absolute atomic E-state index is 0.190. The zero-order chi connectivity index (χ0) is 15.6. The number of halogens is 1. The number of hydrogen-bond acceptors (Lipinski definition) is 2. The zero-order valence-electron chi connectivity index (χ0n) is 12.1. The third kappa shape index (κ3) is 3.97. The maximum absolute atomic E-state index is 12.3. The summed E-state index contributed by atoms with van der Waals surface area (Å²) in [4.78, 5) is 25.0. The van der Waals surface area contributed by atoms with Crippen LogP contribution in [0.2, 0.25) is 0 Å². The molecule has 0 saturated carbocycles. The lowest BCUT2D eigenvalue weighted by Crippen LogP contribution is -2.47. The van der Waals surface area contributed by atoms with Gasteiger partial charge < -0.3 is 15.3 Å². The van der Waals surface area contributed by atoms with Crippen molar-refractivity contribution in [3.8, 4) is 0 Å². The van der Waals surface area contributed by atoms with Crippen molar-refractivity contribution < 1.29 is 14.7 Å². The maximum Gasteiger partial charge on any atom is 0.321 e. The highest BCUT2D eigenvalue weighted by Gasteiger charge is 2.31. The number of urea groups is 1. The van der Waals surface area contributed by atoms with Crippen molar-refractivity contribution in [1.29, 1.82) is 0 Å². The van der Waals surface area contributed by atoms with E-state index in [1.165, 1.54) is 0 Å². The number of nitrogens with one attached hydrogen (secondary N) is 1. The number of rotatable bonds is 2. The van der Waals surface area contributed by atoms with Crippen LogP contribution in [0.15, 0.2) is 22.7 Å². The smallest absolute Gasteiger partial charge is 0.321 e. The minimum atomic E-state index is -0.836. The molecule has 2 atom stereocenters. The molecule has 21 heavy (non-hydrogen) atoms. The van der Waals surface area contributed by atoms with Gasteiger partial charge in [0, 0.05) is 23.2 Å². The van der Waals surface area contributed by atoms with Crippen LogP contribution in [0.5, 0.6) is 0 Å². The van der Waals surface area contributed by atoms with Crippen LogP contribution in [0.3, 0.4) is 0 Å². The standard InChI is InChI=1S/C15H19BrN2O3/c1-9-5-11(14(19)20)8-18(7-9)15(21)17-12-4-3-10(2)13(16)6-12/h3-4,6,9,11H,5,7-8H2,1-2H3,(H,17,21)(H,19,20). The summed E-state index contributed by atoms with van der Waals surface area (Å²) in [6, 6.07) is 5.34. The summed E-state index contributed by atoms with van der Waals surface area (Å²) in [6.45, 7) is 4.79. The van der Waals surface area contributed by atoms with E-state index < -0.39 is 11.9 Å². The normalized spacial score (nSPS) is 22.0. The molecule has 2 rings (SSSR count). The highest BCUT2D eigenvalue weighted by Crippen LogP contribution is 2.24. The third-order valence-electron chi connectivity index (χ3n) is 3.72. The number of carbonyl (C=O) groups is 2. The van der Waals surface area contributed by atoms with Crippen molar-refractivity contribution in [2.45, 2.75) is 20.3 Å². The van der Waals surface area contributed by atoms with Gasteiger partial charge >= 0.3 is 12.0 Å². The Morgan fingerprint density at radius 2 is 2.10 bits per heavy atom. The van der Waals surface area contributed by atoms with Crippen molar-refractivity contribution in [2.75, 3.05) is 18.4 Å². The van der Waals surface area contributed by atoms with Crippen molar-refractivity contribution in [1.82, 2.24) is 4.90 Å². The number of carboxylic acids is 1. The van der Waals surface area contributed by atoms with Crippen LogP contribution in [0, 0.1) is 18.8 Å². The lowest BCUT2D eigenvalue weighted by Gasteiger charge is -2.34. The fourth-order valence-electron chi connectivity index (χ4n) is 2.57. The van der Waals surface area contributed by atoms with Gasteiger partial charge in [-0.25, -0.2) is 4.79 Å². The Bertz CT molecular complexity index is 562. The fraction of sp³-hybridized carbons (Fsp3) is 0.467. The van der Waals surface area contributed by atoms with Crippen molar-refractivity contribution in [3.05, 3.63) is 28.2 Å². The summed E-state index contributed by atoms with van der Waals surface area (Å²) in [5.41, 5.74) is 1.79. The number of nitrogens with zero attached hydrogens (tertiary/aromatic N) is 1. The molecule has 2 amide bonds. The Balaban J connectivity index is 2.05. The van der Waals surface area contributed by atoms with E-state index in [-0.39, 0.29) is 18.5 Å². The Morgan fingerprint density at radius 3 is 2.71 bits per heavy atom. The van der Waals surface area contributed by atoms with Crippen molar-refractivity contribution in [3.63, 3.8) is 0 Å². The summed E-state index contributed by atoms with van der Waals surface area (Å²) in [7, 11) is 0. The molecule has 1 aliphatic rings. The molecule has 0 bridgehead atoms.